The number of anilines is 2. The van der Waals surface area contributed by atoms with E-state index in [-0.39, 0.29) is 26.1 Å². The summed E-state index contributed by atoms with van der Waals surface area (Å²) in [5.41, 5.74) is 2.22. The van der Waals surface area contributed by atoms with Crippen LogP contribution in [0.1, 0.15) is 25.8 Å². The van der Waals surface area contributed by atoms with Crippen molar-refractivity contribution in [1.82, 2.24) is 9.88 Å². The van der Waals surface area contributed by atoms with E-state index in [9.17, 15) is 23.1 Å². The fourth-order valence-electron chi connectivity index (χ4n) is 4.38. The van der Waals surface area contributed by atoms with Gasteiger partial charge in [0, 0.05) is 37.9 Å². The van der Waals surface area contributed by atoms with Crippen LogP contribution in [-0.4, -0.2) is 85.1 Å². The molecule has 1 aromatic heterocycles. The van der Waals surface area contributed by atoms with Gasteiger partial charge in [-0.2, -0.15) is 4.98 Å². The maximum Gasteiger partial charge on any atom is 0.522 e. The van der Waals surface area contributed by atoms with E-state index in [0.29, 0.717) is 43.7 Å². The zero-order valence-electron chi connectivity index (χ0n) is 21.7. The number of aromatic nitrogens is 1. The molecule has 12 heteroatoms. The number of ether oxygens (including phenoxy) is 3. The lowest BCUT2D eigenvalue weighted by Crippen LogP contribution is -2.37. The van der Waals surface area contributed by atoms with E-state index in [1.54, 1.807) is 26.0 Å². The van der Waals surface area contributed by atoms with Gasteiger partial charge in [0.25, 0.3) is 0 Å². The average molecular weight is 539 g/mol. The van der Waals surface area contributed by atoms with Crippen LogP contribution in [0.25, 0.3) is 11.1 Å². The summed E-state index contributed by atoms with van der Waals surface area (Å²) in [6.07, 6.45) is -5.70. The molecule has 2 saturated heterocycles. The van der Waals surface area contributed by atoms with E-state index in [1.165, 1.54) is 4.90 Å². The van der Waals surface area contributed by atoms with Gasteiger partial charge in [-0.05, 0) is 62.1 Å². The number of hydrogen-bond donors (Lipinski definition) is 2. The third-order valence-corrected chi connectivity index (χ3v) is 6.42. The first-order valence-electron chi connectivity index (χ1n) is 12.5. The predicted molar refractivity (Wildman–Crippen MR) is 135 cm³/mol. The highest BCUT2D eigenvalue weighted by Gasteiger charge is 2.37. The molecule has 4 rings (SSSR count). The van der Waals surface area contributed by atoms with Crippen molar-refractivity contribution in [2.75, 3.05) is 56.2 Å². The molecule has 3 heterocycles. The zero-order valence-corrected chi connectivity index (χ0v) is 21.7. The highest BCUT2D eigenvalue weighted by atomic mass is 19.4. The van der Waals surface area contributed by atoms with E-state index in [0.717, 1.165) is 16.7 Å². The Balaban J connectivity index is 1.57. The minimum atomic E-state index is -4.73. The number of alkyl halides is 3. The number of hydrogen-bond acceptors (Lipinski definition) is 7. The van der Waals surface area contributed by atoms with E-state index < -0.39 is 24.1 Å². The highest BCUT2D eigenvalue weighted by Crippen LogP contribution is 2.33. The summed E-state index contributed by atoms with van der Waals surface area (Å²) in [5, 5.41) is 12.5. The number of urea groups is 1. The summed E-state index contributed by atoms with van der Waals surface area (Å²) in [6, 6.07) is 8.65. The molecule has 0 radical (unpaired) electrons. The first-order valence-corrected chi connectivity index (χ1v) is 12.5. The molecular formula is C26H33F3N4O5. The van der Waals surface area contributed by atoms with Crippen LogP contribution in [0.15, 0.2) is 30.3 Å². The van der Waals surface area contributed by atoms with Crippen molar-refractivity contribution in [3.05, 3.63) is 35.9 Å². The molecule has 0 bridgehead atoms. The Hall–Kier alpha value is -3.09. The average Bonchev–Trinajstić information content (AvgIpc) is 3.32. The monoisotopic (exact) mass is 538 g/mol. The van der Waals surface area contributed by atoms with Crippen LogP contribution in [0.5, 0.6) is 5.88 Å². The number of nitrogens with one attached hydrogen (secondary N) is 1. The van der Waals surface area contributed by atoms with Gasteiger partial charge in [0.1, 0.15) is 11.4 Å². The summed E-state index contributed by atoms with van der Waals surface area (Å²) in [4.78, 5) is 20.8. The maximum absolute atomic E-state index is 12.8. The lowest BCUT2D eigenvalue weighted by molar-refractivity contribution is -0.340. The number of likely N-dealkylation sites (tertiary alicyclic amines) is 1. The van der Waals surface area contributed by atoms with Crippen LogP contribution in [0.3, 0.4) is 0 Å². The number of aryl methyl sites for hydroxylation is 1. The van der Waals surface area contributed by atoms with E-state index >= 15 is 0 Å². The van der Waals surface area contributed by atoms with Crippen molar-refractivity contribution in [2.24, 2.45) is 0 Å². The van der Waals surface area contributed by atoms with Gasteiger partial charge in [-0.3, -0.25) is 4.74 Å². The van der Waals surface area contributed by atoms with E-state index in [4.69, 9.17) is 9.47 Å². The first-order chi connectivity index (χ1) is 17.9. The Labute approximate surface area is 219 Å². The van der Waals surface area contributed by atoms with Gasteiger partial charge in [-0.25, -0.2) is 4.79 Å². The molecule has 2 N–H and O–H groups in total. The van der Waals surface area contributed by atoms with Crippen LogP contribution in [-0.2, 0) is 9.47 Å². The van der Waals surface area contributed by atoms with Crippen molar-refractivity contribution in [1.29, 1.82) is 0 Å². The Morgan fingerprint density at radius 2 is 1.92 bits per heavy atom. The quantitative estimate of drug-likeness (QED) is 0.546. The Morgan fingerprint density at radius 3 is 2.61 bits per heavy atom. The standard InChI is InChI=1S/C26H33F3N4O5/c1-17-4-5-19(30-24(35)33-7-6-20(15-33)37-26(27,28)29)14-21(17)18-12-22(32-8-10-36-11-9-32)31-23(13-18)38-25(2,3)16-34/h4-5,12-14,20,34H,6-11,15-16H2,1-3H3,(H,30,35)/t20-/m0/s1. The van der Waals surface area contributed by atoms with Crippen LogP contribution in [0.2, 0.25) is 0 Å². The SMILES string of the molecule is Cc1ccc(NC(=O)N2CC[C@H](OC(F)(F)F)C2)cc1-c1cc(OC(C)(C)CO)nc(N2CCOCC2)c1. The molecule has 2 fully saturated rings. The predicted octanol–water partition coefficient (Wildman–Crippen LogP) is 4.19. The number of rotatable bonds is 7. The maximum atomic E-state index is 12.8. The molecule has 208 valence electrons. The van der Waals surface area contributed by atoms with Crippen molar-refractivity contribution < 1.29 is 37.3 Å². The Morgan fingerprint density at radius 1 is 1.18 bits per heavy atom. The first kappa shape index (κ1) is 27.9. The highest BCUT2D eigenvalue weighted by molar-refractivity contribution is 5.90. The lowest BCUT2D eigenvalue weighted by Gasteiger charge is -2.30. The van der Waals surface area contributed by atoms with Gasteiger partial charge in [-0.1, -0.05) is 6.07 Å². The molecule has 0 saturated carbocycles. The molecule has 38 heavy (non-hydrogen) atoms. The normalized spacial score (nSPS) is 18.6. The third-order valence-electron chi connectivity index (χ3n) is 6.42. The summed E-state index contributed by atoms with van der Waals surface area (Å²) in [7, 11) is 0. The number of benzene rings is 1. The number of carbonyl (C=O) groups excluding carboxylic acids is 1. The van der Waals surface area contributed by atoms with E-state index in [2.05, 4.69) is 19.9 Å². The summed E-state index contributed by atoms with van der Waals surface area (Å²) < 4.78 is 53.2. The molecular weight excluding hydrogens is 505 g/mol. The fourth-order valence-corrected chi connectivity index (χ4v) is 4.38. The molecule has 9 nitrogen and oxygen atoms in total. The smallest absolute Gasteiger partial charge is 0.469 e. The fraction of sp³-hybridized carbons (Fsp3) is 0.538. The molecule has 0 unspecified atom stereocenters. The van der Waals surface area contributed by atoms with Gasteiger partial charge < -0.3 is 29.7 Å². The summed E-state index contributed by atoms with van der Waals surface area (Å²) in [5.74, 6) is 1.06. The van der Waals surface area contributed by atoms with Crippen molar-refractivity contribution in [3.8, 4) is 17.0 Å². The topological polar surface area (TPSA) is 96.4 Å². The van der Waals surface area contributed by atoms with Gasteiger partial charge in [-0.15, -0.1) is 13.2 Å². The molecule has 1 atom stereocenters. The molecule has 0 spiro atoms. The van der Waals surface area contributed by atoms with Crippen LogP contribution >= 0.6 is 0 Å². The Bertz CT molecular complexity index is 1140. The second kappa shape index (κ2) is 11.3. The molecule has 2 aliphatic rings. The summed E-state index contributed by atoms with van der Waals surface area (Å²) in [6.45, 7) is 7.79. The molecule has 2 aromatic rings. The van der Waals surface area contributed by atoms with Crippen LogP contribution in [0, 0.1) is 6.92 Å². The van der Waals surface area contributed by atoms with Gasteiger partial charge >= 0.3 is 12.4 Å². The molecule has 2 amide bonds. The number of pyridine rings is 1. The van der Waals surface area contributed by atoms with Gasteiger partial charge in [0.05, 0.1) is 25.9 Å². The van der Waals surface area contributed by atoms with Crippen molar-refractivity contribution >= 4 is 17.5 Å². The third kappa shape index (κ3) is 7.27. The molecule has 0 aliphatic carbocycles. The Kier molecular flexibility index (Phi) is 8.34. The van der Waals surface area contributed by atoms with Crippen molar-refractivity contribution in [2.45, 2.75) is 45.3 Å². The number of halogens is 3. The van der Waals surface area contributed by atoms with Gasteiger partial charge in [0.2, 0.25) is 5.88 Å². The minimum Gasteiger partial charge on any atom is -0.469 e. The summed E-state index contributed by atoms with van der Waals surface area (Å²) >= 11 is 0. The number of carbonyl (C=O) groups is 1. The van der Waals surface area contributed by atoms with E-state index in [1.807, 2.05) is 25.1 Å². The van der Waals surface area contributed by atoms with Crippen LogP contribution in [0.4, 0.5) is 29.5 Å². The van der Waals surface area contributed by atoms with Crippen molar-refractivity contribution in [3.63, 3.8) is 0 Å². The zero-order chi connectivity index (χ0) is 27.5. The minimum absolute atomic E-state index is 0.111. The number of amides is 2. The molecule has 2 aliphatic heterocycles. The second-order valence-corrected chi connectivity index (χ2v) is 10.1. The lowest BCUT2D eigenvalue weighted by atomic mass is 10.00. The number of aliphatic hydroxyl groups excluding tert-OH is 1. The number of morpholine rings is 1. The second-order valence-electron chi connectivity index (χ2n) is 10.1. The number of nitrogens with zero attached hydrogens (tertiary/aromatic N) is 3. The van der Waals surface area contributed by atoms with Crippen LogP contribution < -0.4 is 15.0 Å². The van der Waals surface area contributed by atoms with Gasteiger partial charge in [0.15, 0.2) is 0 Å². The number of aliphatic hydroxyl groups is 1. The molecule has 1 aromatic carbocycles. The largest absolute Gasteiger partial charge is 0.522 e.